The van der Waals surface area contributed by atoms with Crippen LogP contribution >= 0.6 is 22.9 Å². The van der Waals surface area contributed by atoms with Crippen molar-refractivity contribution in [3.05, 3.63) is 56.7 Å². The van der Waals surface area contributed by atoms with Crippen LogP contribution in [0.15, 0.2) is 41.5 Å². The Hall–Kier alpha value is -1.73. The topological polar surface area (TPSA) is 50.3 Å². The molecule has 0 bridgehead atoms. The largest absolute Gasteiger partial charge is 0.322 e. The Kier molecular flexibility index (Phi) is 6.80. The van der Waals surface area contributed by atoms with Crippen LogP contribution in [0.2, 0.25) is 5.02 Å². The zero-order valence-electron chi connectivity index (χ0n) is 14.9. The lowest BCUT2D eigenvalue weighted by Crippen LogP contribution is -3.28. The average molecular weight is 393 g/mol. The fourth-order valence-corrected chi connectivity index (χ4v) is 4.13. The van der Waals surface area contributed by atoms with Crippen LogP contribution in [0, 0.1) is 6.92 Å². The molecule has 0 aliphatic carbocycles. The van der Waals surface area contributed by atoms with Crippen molar-refractivity contribution in [2.75, 3.05) is 32.7 Å². The number of halogens is 1. The lowest BCUT2D eigenvalue weighted by Gasteiger charge is -2.29. The molecule has 1 aliphatic rings. The standard InChI is InChI=1S/C19H23ClN4OS/c1-15-6-7-17(26-15)12-21-22-19(25)14-24-10-8-23(9-11-24)13-16-4-2-3-5-18(16)20/h2-7,12H,8-11,13-14H2,1H3,(H,22,25)/p+2/b21-12-. The highest BCUT2D eigenvalue weighted by molar-refractivity contribution is 7.13. The van der Waals surface area contributed by atoms with Crippen molar-refractivity contribution in [3.63, 3.8) is 0 Å². The number of rotatable bonds is 6. The number of hydrogen-bond acceptors (Lipinski definition) is 3. The van der Waals surface area contributed by atoms with E-state index in [9.17, 15) is 4.79 Å². The zero-order valence-corrected chi connectivity index (χ0v) is 16.5. The van der Waals surface area contributed by atoms with E-state index >= 15 is 0 Å². The number of amides is 1. The quantitative estimate of drug-likeness (QED) is 0.475. The van der Waals surface area contributed by atoms with Gasteiger partial charge in [-0.3, -0.25) is 4.79 Å². The summed E-state index contributed by atoms with van der Waals surface area (Å²) in [5, 5.41) is 4.89. The van der Waals surface area contributed by atoms with Crippen molar-refractivity contribution in [1.29, 1.82) is 0 Å². The molecule has 1 aromatic heterocycles. The van der Waals surface area contributed by atoms with Gasteiger partial charge in [0.25, 0.3) is 5.91 Å². The van der Waals surface area contributed by atoms with Crippen LogP contribution in [0.3, 0.4) is 0 Å². The van der Waals surface area contributed by atoms with E-state index < -0.39 is 0 Å². The van der Waals surface area contributed by atoms with Gasteiger partial charge in [0.1, 0.15) is 32.7 Å². The molecule has 138 valence electrons. The lowest BCUT2D eigenvalue weighted by molar-refractivity contribution is -1.02. The second-order valence-corrected chi connectivity index (χ2v) is 8.41. The van der Waals surface area contributed by atoms with Crippen molar-refractivity contribution in [3.8, 4) is 0 Å². The van der Waals surface area contributed by atoms with E-state index in [1.165, 1.54) is 20.2 Å². The number of hydrogen-bond donors (Lipinski definition) is 3. The normalized spacial score (nSPS) is 20.4. The maximum atomic E-state index is 12.1. The highest BCUT2D eigenvalue weighted by Crippen LogP contribution is 2.13. The maximum absolute atomic E-state index is 12.1. The van der Waals surface area contributed by atoms with E-state index in [1.807, 2.05) is 30.3 Å². The summed E-state index contributed by atoms with van der Waals surface area (Å²) < 4.78 is 0. The second kappa shape index (κ2) is 9.28. The molecule has 26 heavy (non-hydrogen) atoms. The zero-order chi connectivity index (χ0) is 18.4. The summed E-state index contributed by atoms with van der Waals surface area (Å²) in [6, 6.07) is 12.1. The molecule has 1 aliphatic heterocycles. The monoisotopic (exact) mass is 392 g/mol. The first-order valence-electron chi connectivity index (χ1n) is 8.89. The summed E-state index contributed by atoms with van der Waals surface area (Å²) in [6.07, 6.45) is 1.70. The SMILES string of the molecule is Cc1ccc(/C=N\NC(=O)C[NH+]2CC[NH+](Cc3ccccc3Cl)CC2)s1. The van der Waals surface area contributed by atoms with E-state index in [0.29, 0.717) is 6.54 Å². The molecular formula is C19H25ClN4OS+2. The highest BCUT2D eigenvalue weighted by Gasteiger charge is 2.25. The molecule has 3 rings (SSSR count). The summed E-state index contributed by atoms with van der Waals surface area (Å²) >= 11 is 7.91. The van der Waals surface area contributed by atoms with Crippen molar-refractivity contribution in [2.45, 2.75) is 13.5 Å². The number of nitrogens with one attached hydrogen (secondary N) is 3. The Balaban J connectivity index is 1.39. The van der Waals surface area contributed by atoms with Gasteiger partial charge in [-0.25, -0.2) is 5.43 Å². The number of carbonyl (C=O) groups is 1. The Bertz CT molecular complexity index is 768. The van der Waals surface area contributed by atoms with Crippen LogP contribution in [0.5, 0.6) is 0 Å². The van der Waals surface area contributed by atoms with E-state index in [0.717, 1.165) is 42.6 Å². The van der Waals surface area contributed by atoms with Gasteiger partial charge in [-0.1, -0.05) is 29.8 Å². The van der Waals surface area contributed by atoms with Gasteiger partial charge in [0.2, 0.25) is 0 Å². The Labute approximate surface area is 163 Å². The first-order chi connectivity index (χ1) is 12.6. The number of carbonyl (C=O) groups excluding carboxylic acids is 1. The molecule has 1 saturated heterocycles. The number of hydrazone groups is 1. The van der Waals surface area contributed by atoms with Crippen molar-refractivity contribution in [1.82, 2.24) is 5.43 Å². The maximum Gasteiger partial charge on any atom is 0.295 e. The van der Waals surface area contributed by atoms with Crippen LogP contribution in [0.25, 0.3) is 0 Å². The Morgan fingerprint density at radius 1 is 1.19 bits per heavy atom. The minimum absolute atomic E-state index is 0.0286. The fourth-order valence-electron chi connectivity index (χ4n) is 3.18. The van der Waals surface area contributed by atoms with Gasteiger partial charge in [0, 0.05) is 20.3 Å². The Morgan fingerprint density at radius 2 is 1.92 bits per heavy atom. The minimum Gasteiger partial charge on any atom is -0.322 e. The smallest absolute Gasteiger partial charge is 0.295 e. The van der Waals surface area contributed by atoms with E-state index in [4.69, 9.17) is 11.6 Å². The van der Waals surface area contributed by atoms with E-state index in [1.54, 1.807) is 17.6 Å². The van der Waals surface area contributed by atoms with Crippen LogP contribution in [-0.4, -0.2) is 44.8 Å². The lowest BCUT2D eigenvalue weighted by atomic mass is 10.2. The molecule has 7 heteroatoms. The summed E-state index contributed by atoms with van der Waals surface area (Å²) in [4.78, 5) is 17.2. The van der Waals surface area contributed by atoms with Gasteiger partial charge in [-0.2, -0.15) is 5.10 Å². The second-order valence-electron chi connectivity index (χ2n) is 6.69. The van der Waals surface area contributed by atoms with Gasteiger partial charge in [0.15, 0.2) is 6.54 Å². The molecular weight excluding hydrogens is 368 g/mol. The van der Waals surface area contributed by atoms with Crippen LogP contribution in [-0.2, 0) is 11.3 Å². The van der Waals surface area contributed by atoms with Gasteiger partial charge >= 0.3 is 0 Å². The van der Waals surface area contributed by atoms with Crippen LogP contribution < -0.4 is 15.2 Å². The Morgan fingerprint density at radius 3 is 2.62 bits per heavy atom. The summed E-state index contributed by atoms with van der Waals surface area (Å²) in [5.74, 6) is -0.0286. The number of benzene rings is 1. The molecule has 0 unspecified atom stereocenters. The predicted molar refractivity (Wildman–Crippen MR) is 106 cm³/mol. The van der Waals surface area contributed by atoms with Gasteiger partial charge in [0.05, 0.1) is 6.21 Å². The first-order valence-corrected chi connectivity index (χ1v) is 10.1. The van der Waals surface area contributed by atoms with Gasteiger partial charge < -0.3 is 9.80 Å². The number of aryl methyl sites for hydroxylation is 1. The molecule has 1 amide bonds. The number of thiophene rings is 1. The van der Waals surface area contributed by atoms with Crippen molar-refractivity contribution < 1.29 is 14.6 Å². The van der Waals surface area contributed by atoms with Crippen LogP contribution in [0.4, 0.5) is 0 Å². The third-order valence-electron chi connectivity index (χ3n) is 4.62. The molecule has 2 aromatic rings. The third kappa shape index (κ3) is 5.64. The summed E-state index contributed by atoms with van der Waals surface area (Å²) in [5.41, 5.74) is 3.84. The number of piperazine rings is 1. The predicted octanol–water partition coefficient (Wildman–Crippen LogP) is 0.144. The van der Waals surface area contributed by atoms with Crippen LogP contribution in [0.1, 0.15) is 15.3 Å². The summed E-state index contributed by atoms with van der Waals surface area (Å²) in [7, 11) is 0. The molecule has 0 radical (unpaired) electrons. The van der Waals surface area contributed by atoms with E-state index in [2.05, 4.69) is 23.5 Å². The molecule has 0 saturated carbocycles. The average Bonchev–Trinajstić information content (AvgIpc) is 3.04. The molecule has 2 heterocycles. The van der Waals surface area contributed by atoms with Crippen molar-refractivity contribution in [2.24, 2.45) is 5.10 Å². The molecule has 3 N–H and O–H groups in total. The van der Waals surface area contributed by atoms with Crippen molar-refractivity contribution >= 4 is 35.1 Å². The fraction of sp³-hybridized carbons (Fsp3) is 0.368. The molecule has 1 fully saturated rings. The molecule has 5 nitrogen and oxygen atoms in total. The van der Waals surface area contributed by atoms with E-state index in [-0.39, 0.29) is 5.91 Å². The minimum atomic E-state index is -0.0286. The number of nitrogens with zero attached hydrogens (tertiary/aromatic N) is 1. The number of quaternary nitrogens is 2. The van der Waals surface area contributed by atoms with Gasteiger partial charge in [-0.15, -0.1) is 11.3 Å². The summed E-state index contributed by atoms with van der Waals surface area (Å²) in [6.45, 7) is 7.54. The molecule has 1 aromatic carbocycles. The molecule has 0 spiro atoms. The van der Waals surface area contributed by atoms with Gasteiger partial charge in [-0.05, 0) is 25.1 Å². The molecule has 0 atom stereocenters. The highest BCUT2D eigenvalue weighted by atomic mass is 35.5. The third-order valence-corrected chi connectivity index (χ3v) is 5.92. The first kappa shape index (κ1) is 19.0.